The zero-order valence-corrected chi connectivity index (χ0v) is 6.90. The normalized spacial score (nSPS) is 21.0. The van der Waals surface area contributed by atoms with Gasteiger partial charge in [-0.05, 0) is 18.3 Å². The molecule has 0 amide bonds. The quantitative estimate of drug-likeness (QED) is 0.560. The van der Waals surface area contributed by atoms with Gasteiger partial charge in [0.05, 0.1) is 0 Å². The molecule has 1 nitrogen and oxygen atoms in total. The molecule has 1 aliphatic rings. The van der Waals surface area contributed by atoms with Gasteiger partial charge in [-0.2, -0.15) is 0 Å². The number of nitrogens with one attached hydrogen (secondary N) is 1. The topological polar surface area (TPSA) is 23.8 Å². The summed E-state index contributed by atoms with van der Waals surface area (Å²) in [7, 11) is 0. The number of hydrogen-bond donors (Lipinski definition) is 0. The Morgan fingerprint density at radius 1 is 1.40 bits per heavy atom. The maximum absolute atomic E-state index is 7.03. The second-order valence-electron chi connectivity index (χ2n) is 3.66. The van der Waals surface area contributed by atoms with Gasteiger partial charge in [-0.25, -0.2) is 0 Å². The summed E-state index contributed by atoms with van der Waals surface area (Å²) in [5.41, 5.74) is 7.03. The molecule has 59 valence electrons. The zero-order valence-electron chi connectivity index (χ0n) is 6.90. The van der Waals surface area contributed by atoms with Crippen molar-refractivity contribution < 1.29 is 0 Å². The third kappa shape index (κ3) is 3.21. The molecule has 1 rings (SSSR count). The molecule has 1 fully saturated rings. The van der Waals surface area contributed by atoms with Crippen molar-refractivity contribution in [3.63, 3.8) is 0 Å². The Morgan fingerprint density at radius 2 is 2.10 bits per heavy atom. The van der Waals surface area contributed by atoms with Crippen molar-refractivity contribution in [1.82, 2.24) is 5.73 Å². The van der Waals surface area contributed by atoms with Crippen molar-refractivity contribution in [2.45, 2.75) is 39.0 Å². The average Bonchev–Trinajstić information content (AvgIpc) is 2.67. The van der Waals surface area contributed by atoms with Crippen LogP contribution in [-0.2, 0) is 0 Å². The fourth-order valence-electron chi connectivity index (χ4n) is 1.32. The molecule has 10 heavy (non-hydrogen) atoms. The van der Waals surface area contributed by atoms with E-state index in [1.165, 1.54) is 25.7 Å². The minimum absolute atomic E-state index is 0.617. The first-order chi connectivity index (χ1) is 4.83. The van der Waals surface area contributed by atoms with Gasteiger partial charge in [0.2, 0.25) is 0 Å². The fraction of sp³-hybridized carbons (Fsp3) is 1.00. The molecular weight excluding hydrogens is 122 g/mol. The van der Waals surface area contributed by atoms with Crippen LogP contribution in [0.1, 0.15) is 39.0 Å². The zero-order chi connectivity index (χ0) is 7.40. The van der Waals surface area contributed by atoms with Gasteiger partial charge in [-0.3, -0.25) is 5.73 Å². The smallest absolute Gasteiger partial charge is 0.0102 e. The lowest BCUT2D eigenvalue weighted by Crippen LogP contribution is -1.99. The summed E-state index contributed by atoms with van der Waals surface area (Å²) < 4.78 is 0. The summed E-state index contributed by atoms with van der Waals surface area (Å²) in [4.78, 5) is 0. The summed E-state index contributed by atoms with van der Waals surface area (Å²) in [6.07, 6.45) is 6.86. The molecule has 1 heteroatoms. The lowest BCUT2D eigenvalue weighted by molar-refractivity contribution is 0.462. The fourth-order valence-corrected chi connectivity index (χ4v) is 1.32. The van der Waals surface area contributed by atoms with E-state index in [2.05, 4.69) is 6.92 Å². The maximum Gasteiger partial charge on any atom is 0.0102 e. The Balaban J connectivity index is 1.89. The molecule has 1 unspecified atom stereocenters. The average molecular weight is 140 g/mol. The van der Waals surface area contributed by atoms with E-state index in [1.807, 2.05) is 0 Å². The van der Waals surface area contributed by atoms with Gasteiger partial charge >= 0.3 is 0 Å². The molecule has 0 aromatic rings. The molecule has 1 N–H and O–H groups in total. The molecule has 1 atom stereocenters. The molecule has 1 saturated carbocycles. The van der Waals surface area contributed by atoms with E-state index < -0.39 is 0 Å². The highest BCUT2D eigenvalue weighted by atomic mass is 14.5. The SMILES string of the molecule is CC(CC[NH])CCC1CC1. The van der Waals surface area contributed by atoms with Crippen molar-refractivity contribution in [1.29, 1.82) is 0 Å². The Morgan fingerprint density at radius 3 is 2.60 bits per heavy atom. The van der Waals surface area contributed by atoms with Crippen LogP contribution in [0.15, 0.2) is 0 Å². The summed E-state index contributed by atoms with van der Waals surface area (Å²) in [5, 5.41) is 0. The van der Waals surface area contributed by atoms with Gasteiger partial charge in [0.15, 0.2) is 0 Å². The highest BCUT2D eigenvalue weighted by Gasteiger charge is 2.21. The second-order valence-corrected chi connectivity index (χ2v) is 3.66. The van der Waals surface area contributed by atoms with Crippen LogP contribution in [0.3, 0.4) is 0 Å². The molecule has 0 bridgehead atoms. The van der Waals surface area contributed by atoms with Crippen molar-refractivity contribution in [3.05, 3.63) is 0 Å². The minimum atomic E-state index is 0.617. The standard InChI is InChI=1S/C9H18N/c1-8(6-7-10)2-3-9-4-5-9/h8-10H,2-7H2,1H3. The summed E-state index contributed by atoms with van der Waals surface area (Å²) in [5.74, 6) is 1.88. The number of hydrogen-bond acceptors (Lipinski definition) is 0. The van der Waals surface area contributed by atoms with E-state index in [-0.39, 0.29) is 0 Å². The summed E-state index contributed by atoms with van der Waals surface area (Å²) in [6.45, 7) is 2.89. The van der Waals surface area contributed by atoms with Crippen LogP contribution >= 0.6 is 0 Å². The van der Waals surface area contributed by atoms with Crippen LogP contribution < -0.4 is 5.73 Å². The molecule has 0 aromatic heterocycles. The summed E-state index contributed by atoms with van der Waals surface area (Å²) in [6, 6.07) is 0. The van der Waals surface area contributed by atoms with Gasteiger partial charge in [-0.1, -0.05) is 32.6 Å². The first-order valence-corrected chi connectivity index (χ1v) is 4.47. The predicted octanol–water partition coefficient (Wildman–Crippen LogP) is 2.49. The molecule has 0 aromatic carbocycles. The monoisotopic (exact) mass is 140 g/mol. The van der Waals surface area contributed by atoms with Crippen LogP contribution in [0.2, 0.25) is 0 Å². The lowest BCUT2D eigenvalue weighted by Gasteiger charge is -2.07. The molecule has 0 aliphatic heterocycles. The van der Waals surface area contributed by atoms with E-state index in [1.54, 1.807) is 0 Å². The Bertz CT molecular complexity index is 86.7. The van der Waals surface area contributed by atoms with Gasteiger partial charge < -0.3 is 0 Å². The van der Waals surface area contributed by atoms with Crippen LogP contribution in [-0.4, -0.2) is 6.54 Å². The molecule has 0 spiro atoms. The van der Waals surface area contributed by atoms with E-state index in [4.69, 9.17) is 5.73 Å². The van der Waals surface area contributed by atoms with E-state index in [9.17, 15) is 0 Å². The van der Waals surface area contributed by atoms with Crippen LogP contribution in [0.4, 0.5) is 0 Å². The van der Waals surface area contributed by atoms with Crippen molar-refractivity contribution >= 4 is 0 Å². The van der Waals surface area contributed by atoms with Gasteiger partial charge in [0.1, 0.15) is 0 Å². The van der Waals surface area contributed by atoms with E-state index >= 15 is 0 Å². The Labute approximate surface area is 64.0 Å². The van der Waals surface area contributed by atoms with Gasteiger partial charge in [0.25, 0.3) is 0 Å². The summed E-state index contributed by atoms with van der Waals surface area (Å²) >= 11 is 0. The second kappa shape index (κ2) is 3.97. The van der Waals surface area contributed by atoms with Gasteiger partial charge in [0, 0.05) is 6.54 Å². The highest BCUT2D eigenvalue weighted by Crippen LogP contribution is 2.34. The highest BCUT2D eigenvalue weighted by molar-refractivity contribution is 4.73. The molecule has 0 heterocycles. The third-order valence-corrected chi connectivity index (χ3v) is 2.40. The van der Waals surface area contributed by atoms with Gasteiger partial charge in [-0.15, -0.1) is 0 Å². The maximum atomic E-state index is 7.03. The first kappa shape index (κ1) is 8.06. The largest absolute Gasteiger partial charge is 0.258 e. The van der Waals surface area contributed by atoms with Crippen molar-refractivity contribution in [2.24, 2.45) is 11.8 Å². The predicted molar refractivity (Wildman–Crippen MR) is 43.7 cm³/mol. The van der Waals surface area contributed by atoms with Crippen molar-refractivity contribution in [3.8, 4) is 0 Å². The molecule has 0 saturated heterocycles. The first-order valence-electron chi connectivity index (χ1n) is 4.47. The molecule has 1 aliphatic carbocycles. The van der Waals surface area contributed by atoms with Crippen LogP contribution in [0.5, 0.6) is 0 Å². The third-order valence-electron chi connectivity index (χ3n) is 2.40. The van der Waals surface area contributed by atoms with Crippen LogP contribution in [0, 0.1) is 11.8 Å². The van der Waals surface area contributed by atoms with Crippen molar-refractivity contribution in [2.75, 3.05) is 6.54 Å². The van der Waals surface area contributed by atoms with E-state index in [0.29, 0.717) is 6.54 Å². The van der Waals surface area contributed by atoms with Crippen LogP contribution in [0.25, 0.3) is 0 Å². The minimum Gasteiger partial charge on any atom is -0.258 e. The lowest BCUT2D eigenvalue weighted by atomic mass is 10.0. The Kier molecular flexibility index (Phi) is 3.20. The Hall–Kier alpha value is -0.0400. The number of rotatable bonds is 5. The molecular formula is C9H18N. The van der Waals surface area contributed by atoms with E-state index in [0.717, 1.165) is 18.3 Å². The molecule has 1 radical (unpaired) electrons.